The Morgan fingerprint density at radius 2 is 1.93 bits per heavy atom. The van der Waals surface area contributed by atoms with Crippen LogP contribution in [0.25, 0.3) is 33.1 Å². The smallest absolute Gasteiger partial charge is 0.305 e. The summed E-state index contributed by atoms with van der Waals surface area (Å²) in [5, 5.41) is 10.9. The van der Waals surface area contributed by atoms with Gasteiger partial charge in [-0.25, -0.2) is 18.7 Å². The van der Waals surface area contributed by atoms with Crippen LogP contribution in [-0.4, -0.2) is 62.5 Å². The summed E-state index contributed by atoms with van der Waals surface area (Å²) < 4.78 is 48.1. The van der Waals surface area contributed by atoms with Gasteiger partial charge < -0.3 is 23.9 Å². The number of carboxylic acid groups (broad SMARTS) is 1. The highest BCUT2D eigenvalue weighted by atomic mass is 35.5. The normalized spacial score (nSPS) is 20.0. The zero-order valence-corrected chi connectivity index (χ0v) is 23.0. The van der Waals surface area contributed by atoms with Crippen LogP contribution in [0.15, 0.2) is 46.9 Å². The highest BCUT2D eigenvalue weighted by Gasteiger charge is 2.39. The molecule has 2 aliphatic rings. The summed E-state index contributed by atoms with van der Waals surface area (Å²) in [5.41, 5.74) is 2.39. The predicted octanol–water partition coefficient (Wildman–Crippen LogP) is 6.17. The summed E-state index contributed by atoms with van der Waals surface area (Å²) >= 11 is 6.62. The number of carbonyl (C=O) groups is 1. The lowest BCUT2D eigenvalue weighted by molar-refractivity contribution is -0.137. The molecule has 42 heavy (non-hydrogen) atoms. The van der Waals surface area contributed by atoms with Crippen LogP contribution < -0.4 is 9.64 Å². The average Bonchev–Trinajstić information content (AvgIpc) is 3.66. The number of aromatic nitrogens is 4. The molecule has 0 aliphatic carbocycles. The third-order valence-electron chi connectivity index (χ3n) is 7.93. The minimum atomic E-state index is -2.93. The molecule has 0 spiro atoms. The molecule has 2 aromatic carbocycles. The lowest BCUT2D eigenvalue weighted by Crippen LogP contribution is -2.33. The number of halogens is 3. The monoisotopic (exact) mass is 597 g/mol. The molecule has 5 aromatic rings. The van der Waals surface area contributed by atoms with Gasteiger partial charge >= 0.3 is 5.97 Å². The van der Waals surface area contributed by atoms with Crippen LogP contribution >= 0.6 is 11.6 Å². The van der Waals surface area contributed by atoms with Gasteiger partial charge in [-0.2, -0.15) is 4.98 Å². The molecule has 2 aliphatic heterocycles. The van der Waals surface area contributed by atoms with E-state index >= 15 is 0 Å². The number of aliphatic carboxylic acids is 1. The van der Waals surface area contributed by atoms with Gasteiger partial charge in [-0.15, -0.1) is 0 Å². The van der Waals surface area contributed by atoms with E-state index in [1.807, 2.05) is 16.7 Å². The van der Waals surface area contributed by atoms with Gasteiger partial charge in [-0.3, -0.25) is 9.36 Å². The van der Waals surface area contributed by atoms with Crippen molar-refractivity contribution < 1.29 is 32.6 Å². The molecule has 13 heteroatoms. The molecule has 0 amide bonds. The van der Waals surface area contributed by atoms with Gasteiger partial charge in [0, 0.05) is 37.1 Å². The SMILES string of the molecule is O=C(O)C[C@@H]1C[C@H](Oc2nc3cccc(Cl)c3n2C2CCOCC2)CN1c1nc(C(F)F)nc2c1oc1ccccc12. The molecule has 7 rings (SSSR count). The van der Waals surface area contributed by atoms with E-state index in [0.717, 1.165) is 18.4 Å². The molecule has 1 N–H and O–H groups in total. The molecule has 218 valence electrons. The number of para-hydroxylation sites is 2. The van der Waals surface area contributed by atoms with Crippen molar-refractivity contribution in [2.75, 3.05) is 24.7 Å². The van der Waals surface area contributed by atoms with E-state index in [-0.39, 0.29) is 35.9 Å². The zero-order chi connectivity index (χ0) is 29.0. The van der Waals surface area contributed by atoms with E-state index in [0.29, 0.717) is 47.2 Å². The molecule has 2 saturated heterocycles. The Labute approximate surface area is 242 Å². The molecule has 10 nitrogen and oxygen atoms in total. The van der Waals surface area contributed by atoms with Crippen molar-refractivity contribution in [2.45, 2.75) is 50.3 Å². The fourth-order valence-corrected chi connectivity index (χ4v) is 6.36. The molecule has 0 radical (unpaired) electrons. The second kappa shape index (κ2) is 10.7. The average molecular weight is 598 g/mol. The van der Waals surface area contributed by atoms with Gasteiger partial charge in [0.2, 0.25) is 0 Å². The number of nitrogens with zero attached hydrogens (tertiary/aromatic N) is 5. The maximum Gasteiger partial charge on any atom is 0.305 e. The second-order valence-corrected chi connectivity index (χ2v) is 11.0. The molecular weight excluding hydrogens is 572 g/mol. The van der Waals surface area contributed by atoms with E-state index in [1.165, 1.54) is 0 Å². The standard InChI is InChI=1S/C29H26ClF2N5O5/c30-19-5-3-6-20-24(19)37(15-8-10-40-11-9-15)29(33-20)41-17-12-16(13-22(38)39)36(14-17)28-25-23(34-27(35-28)26(31)32)18-4-1-2-7-21(18)42-25/h1-7,15-17,26H,8-14H2,(H,38,39)/t16-,17-/m0/s1. The van der Waals surface area contributed by atoms with Crippen LogP contribution in [0, 0.1) is 0 Å². The van der Waals surface area contributed by atoms with Crippen molar-refractivity contribution in [1.29, 1.82) is 0 Å². The van der Waals surface area contributed by atoms with Crippen molar-refractivity contribution in [3.05, 3.63) is 53.3 Å². The van der Waals surface area contributed by atoms with Gasteiger partial charge in [-0.05, 0) is 37.1 Å². The summed E-state index contributed by atoms with van der Waals surface area (Å²) in [7, 11) is 0. The van der Waals surface area contributed by atoms with Crippen LogP contribution in [-0.2, 0) is 9.53 Å². The van der Waals surface area contributed by atoms with Gasteiger partial charge in [-0.1, -0.05) is 29.8 Å². The van der Waals surface area contributed by atoms with E-state index in [2.05, 4.69) is 9.97 Å². The Kier molecular flexibility index (Phi) is 6.82. The highest BCUT2D eigenvalue weighted by Crippen LogP contribution is 2.40. The summed E-state index contributed by atoms with van der Waals surface area (Å²) in [5.74, 6) is -1.57. The number of furan rings is 1. The molecule has 0 saturated carbocycles. The Balaban J connectivity index is 1.29. The third kappa shape index (κ3) is 4.68. The third-order valence-corrected chi connectivity index (χ3v) is 8.23. The Morgan fingerprint density at radius 1 is 1.12 bits per heavy atom. The topological polar surface area (TPSA) is 116 Å². The van der Waals surface area contributed by atoms with Crippen molar-refractivity contribution in [1.82, 2.24) is 19.5 Å². The van der Waals surface area contributed by atoms with Crippen LogP contribution in [0.3, 0.4) is 0 Å². The van der Waals surface area contributed by atoms with E-state index < -0.39 is 30.4 Å². The molecule has 2 atom stereocenters. The number of carboxylic acids is 1. The number of hydrogen-bond donors (Lipinski definition) is 1. The van der Waals surface area contributed by atoms with Crippen molar-refractivity contribution >= 4 is 56.5 Å². The number of rotatable bonds is 7. The first kappa shape index (κ1) is 26.8. The van der Waals surface area contributed by atoms with Crippen molar-refractivity contribution in [2.24, 2.45) is 0 Å². The minimum absolute atomic E-state index is 0.0524. The minimum Gasteiger partial charge on any atom is -0.481 e. The fourth-order valence-electron chi connectivity index (χ4n) is 6.10. The van der Waals surface area contributed by atoms with Crippen LogP contribution in [0.1, 0.15) is 44.0 Å². The number of anilines is 1. The summed E-state index contributed by atoms with van der Waals surface area (Å²) in [6.45, 7) is 1.37. The first-order chi connectivity index (χ1) is 20.4. The quantitative estimate of drug-likeness (QED) is 0.235. The largest absolute Gasteiger partial charge is 0.481 e. The van der Waals surface area contributed by atoms with Crippen LogP contribution in [0.5, 0.6) is 6.01 Å². The molecule has 5 heterocycles. The van der Waals surface area contributed by atoms with Gasteiger partial charge in [0.15, 0.2) is 17.2 Å². The molecule has 2 fully saturated rings. The Bertz CT molecular complexity index is 1800. The fraction of sp³-hybridized carbons (Fsp3) is 0.379. The van der Waals surface area contributed by atoms with Crippen molar-refractivity contribution in [3.8, 4) is 6.01 Å². The second-order valence-electron chi connectivity index (χ2n) is 10.6. The van der Waals surface area contributed by atoms with Crippen molar-refractivity contribution in [3.63, 3.8) is 0 Å². The number of benzene rings is 2. The zero-order valence-electron chi connectivity index (χ0n) is 22.3. The lowest BCUT2D eigenvalue weighted by Gasteiger charge is -2.26. The number of imidazole rings is 1. The van der Waals surface area contributed by atoms with Gasteiger partial charge in [0.05, 0.1) is 29.0 Å². The number of ether oxygens (including phenoxy) is 2. The molecular formula is C29H26ClF2N5O5. The number of fused-ring (bicyclic) bond motifs is 4. The Hall–Kier alpha value is -4.03. The highest BCUT2D eigenvalue weighted by molar-refractivity contribution is 6.35. The maximum absolute atomic E-state index is 14.0. The van der Waals surface area contributed by atoms with Crippen LogP contribution in [0.2, 0.25) is 5.02 Å². The van der Waals surface area contributed by atoms with E-state index in [1.54, 1.807) is 35.2 Å². The predicted molar refractivity (Wildman–Crippen MR) is 151 cm³/mol. The van der Waals surface area contributed by atoms with E-state index in [9.17, 15) is 18.7 Å². The first-order valence-corrected chi connectivity index (χ1v) is 14.1. The van der Waals surface area contributed by atoms with Gasteiger partial charge in [0.1, 0.15) is 17.2 Å². The maximum atomic E-state index is 14.0. The van der Waals surface area contributed by atoms with Crippen LogP contribution in [0.4, 0.5) is 14.6 Å². The lowest BCUT2D eigenvalue weighted by atomic mass is 10.1. The molecule has 0 unspecified atom stereocenters. The molecule has 3 aromatic heterocycles. The molecule has 0 bridgehead atoms. The summed E-state index contributed by atoms with van der Waals surface area (Å²) in [6, 6.07) is 12.3. The summed E-state index contributed by atoms with van der Waals surface area (Å²) in [6.07, 6.45) is -1.89. The Morgan fingerprint density at radius 3 is 2.71 bits per heavy atom. The summed E-state index contributed by atoms with van der Waals surface area (Å²) in [4.78, 5) is 26.6. The first-order valence-electron chi connectivity index (χ1n) is 13.7. The number of alkyl halides is 2. The van der Waals surface area contributed by atoms with E-state index in [4.69, 9.17) is 30.5 Å². The number of hydrogen-bond acceptors (Lipinski definition) is 8. The van der Waals surface area contributed by atoms with Gasteiger partial charge in [0.25, 0.3) is 12.4 Å².